The largest absolute Gasteiger partial charge is 0.344 e. The van der Waals surface area contributed by atoms with Gasteiger partial charge in [-0.15, -0.1) is 5.10 Å². The molecule has 1 heterocycles. The summed E-state index contributed by atoms with van der Waals surface area (Å²) in [5.74, 6) is 0.243. The molecule has 0 aliphatic heterocycles. The number of aromatic nitrogens is 3. The number of carbonyl (C=O) groups excluding carboxylic acids is 1. The highest BCUT2D eigenvalue weighted by Crippen LogP contribution is 2.39. The van der Waals surface area contributed by atoms with E-state index in [9.17, 15) is 4.79 Å². The lowest BCUT2D eigenvalue weighted by molar-refractivity contribution is 0.0892. The van der Waals surface area contributed by atoms with Crippen molar-refractivity contribution in [3.05, 3.63) is 42.2 Å². The van der Waals surface area contributed by atoms with Crippen LogP contribution in [0.3, 0.4) is 0 Å². The second-order valence-corrected chi connectivity index (χ2v) is 5.73. The van der Waals surface area contributed by atoms with Gasteiger partial charge in [-0.1, -0.05) is 23.4 Å². The lowest BCUT2D eigenvalue weighted by atomic mass is 9.96. The lowest BCUT2D eigenvalue weighted by Gasteiger charge is -2.28. The first-order valence-corrected chi connectivity index (χ1v) is 7.13. The molecule has 0 saturated heterocycles. The molecule has 1 atom stereocenters. The Morgan fingerprint density at radius 2 is 2.14 bits per heavy atom. The summed E-state index contributed by atoms with van der Waals surface area (Å²) in [5.41, 5.74) is 6.63. The topological polar surface area (TPSA) is 85.8 Å². The monoisotopic (exact) mass is 285 g/mol. The SMILES string of the molecule is CC(CN)(NC(=O)c1cn(-c2ccccc2)nn1)C1CC1. The Kier molecular flexibility index (Phi) is 3.47. The van der Waals surface area contributed by atoms with Gasteiger partial charge in [0, 0.05) is 6.54 Å². The first-order valence-electron chi connectivity index (χ1n) is 7.13. The van der Waals surface area contributed by atoms with Gasteiger partial charge in [-0.3, -0.25) is 4.79 Å². The summed E-state index contributed by atoms with van der Waals surface area (Å²) in [6.07, 6.45) is 3.86. The van der Waals surface area contributed by atoms with Gasteiger partial charge in [0.25, 0.3) is 5.91 Å². The maximum atomic E-state index is 12.3. The van der Waals surface area contributed by atoms with E-state index < -0.39 is 0 Å². The van der Waals surface area contributed by atoms with Crippen LogP contribution in [-0.2, 0) is 0 Å². The van der Waals surface area contributed by atoms with Gasteiger partial charge in [-0.25, -0.2) is 4.68 Å². The Morgan fingerprint density at radius 1 is 1.43 bits per heavy atom. The Balaban J connectivity index is 1.75. The van der Waals surface area contributed by atoms with Crippen molar-refractivity contribution in [2.45, 2.75) is 25.3 Å². The lowest BCUT2D eigenvalue weighted by Crippen LogP contribution is -2.53. The summed E-state index contributed by atoms with van der Waals surface area (Å²) in [6, 6.07) is 9.57. The average molecular weight is 285 g/mol. The molecule has 21 heavy (non-hydrogen) atoms. The fraction of sp³-hybridized carbons (Fsp3) is 0.400. The minimum atomic E-state index is -0.354. The van der Waals surface area contributed by atoms with Crippen LogP contribution in [0.25, 0.3) is 5.69 Å². The van der Waals surface area contributed by atoms with E-state index in [0.717, 1.165) is 18.5 Å². The molecule has 3 N–H and O–H groups in total. The van der Waals surface area contributed by atoms with E-state index in [1.165, 1.54) is 0 Å². The van der Waals surface area contributed by atoms with E-state index in [-0.39, 0.29) is 11.4 Å². The molecule has 3 rings (SSSR count). The van der Waals surface area contributed by atoms with E-state index in [1.54, 1.807) is 10.9 Å². The quantitative estimate of drug-likeness (QED) is 0.862. The number of hydrogen-bond acceptors (Lipinski definition) is 4. The first kappa shape index (κ1) is 13.8. The predicted octanol–water partition coefficient (Wildman–Crippen LogP) is 1.12. The van der Waals surface area contributed by atoms with Gasteiger partial charge >= 0.3 is 0 Å². The molecule has 0 bridgehead atoms. The molecule has 1 aliphatic carbocycles. The van der Waals surface area contributed by atoms with Crippen molar-refractivity contribution in [2.75, 3.05) is 6.54 Å². The van der Waals surface area contributed by atoms with Crippen molar-refractivity contribution in [2.24, 2.45) is 11.7 Å². The fourth-order valence-corrected chi connectivity index (χ4v) is 2.44. The van der Waals surface area contributed by atoms with Crippen molar-refractivity contribution in [3.8, 4) is 5.69 Å². The molecule has 1 fully saturated rings. The summed E-state index contributed by atoms with van der Waals surface area (Å²) < 4.78 is 1.59. The van der Waals surface area contributed by atoms with Crippen LogP contribution in [0.5, 0.6) is 0 Å². The minimum absolute atomic E-state index is 0.225. The summed E-state index contributed by atoms with van der Waals surface area (Å²) >= 11 is 0. The molecule has 110 valence electrons. The number of benzene rings is 1. The van der Waals surface area contributed by atoms with Crippen molar-refractivity contribution in [1.29, 1.82) is 0 Å². The number of nitrogens with one attached hydrogen (secondary N) is 1. The second kappa shape index (κ2) is 5.29. The average Bonchev–Trinajstić information content (AvgIpc) is 3.26. The highest BCUT2D eigenvalue weighted by atomic mass is 16.2. The zero-order valence-electron chi connectivity index (χ0n) is 12.0. The van der Waals surface area contributed by atoms with Crippen molar-refractivity contribution < 1.29 is 4.79 Å². The molecule has 1 aromatic heterocycles. The third-order valence-corrected chi connectivity index (χ3v) is 4.05. The number of hydrogen-bond donors (Lipinski definition) is 2. The molecule has 1 unspecified atom stereocenters. The fourth-order valence-electron chi connectivity index (χ4n) is 2.44. The van der Waals surface area contributed by atoms with Crippen LogP contribution in [0.15, 0.2) is 36.5 Å². The molecule has 1 aromatic carbocycles. The molecule has 0 spiro atoms. The van der Waals surface area contributed by atoms with Gasteiger partial charge in [0.15, 0.2) is 5.69 Å². The molecule has 0 radical (unpaired) electrons. The van der Waals surface area contributed by atoms with Gasteiger partial charge < -0.3 is 11.1 Å². The third-order valence-electron chi connectivity index (χ3n) is 4.05. The Morgan fingerprint density at radius 3 is 2.76 bits per heavy atom. The van der Waals surface area contributed by atoms with Crippen molar-refractivity contribution in [3.63, 3.8) is 0 Å². The number of para-hydroxylation sites is 1. The Hall–Kier alpha value is -2.21. The van der Waals surface area contributed by atoms with E-state index in [2.05, 4.69) is 15.6 Å². The molecule has 1 aliphatic rings. The van der Waals surface area contributed by atoms with Crippen LogP contribution in [0, 0.1) is 5.92 Å². The van der Waals surface area contributed by atoms with Crippen LogP contribution in [-0.4, -0.2) is 33.0 Å². The molecule has 1 saturated carbocycles. The van der Waals surface area contributed by atoms with Crippen LogP contribution in [0.2, 0.25) is 0 Å². The molecule has 2 aromatic rings. The zero-order chi connectivity index (χ0) is 14.9. The highest BCUT2D eigenvalue weighted by molar-refractivity contribution is 5.92. The summed E-state index contributed by atoms with van der Waals surface area (Å²) in [5, 5.41) is 11.0. The van der Waals surface area contributed by atoms with Gasteiger partial charge in [0.05, 0.1) is 17.4 Å². The number of amides is 1. The number of nitrogens with zero attached hydrogens (tertiary/aromatic N) is 3. The highest BCUT2D eigenvalue weighted by Gasteiger charge is 2.41. The second-order valence-electron chi connectivity index (χ2n) is 5.73. The molecule has 6 nitrogen and oxygen atoms in total. The predicted molar refractivity (Wildman–Crippen MR) is 79.0 cm³/mol. The Bertz CT molecular complexity index is 635. The van der Waals surface area contributed by atoms with Crippen LogP contribution in [0.4, 0.5) is 0 Å². The maximum absolute atomic E-state index is 12.3. The van der Waals surface area contributed by atoms with E-state index in [0.29, 0.717) is 18.2 Å². The van der Waals surface area contributed by atoms with Gasteiger partial charge in [0.1, 0.15) is 0 Å². The van der Waals surface area contributed by atoms with E-state index in [4.69, 9.17) is 5.73 Å². The number of rotatable bonds is 5. The summed E-state index contributed by atoms with van der Waals surface area (Å²) in [6.45, 7) is 2.42. The van der Waals surface area contributed by atoms with Crippen LogP contribution >= 0.6 is 0 Å². The van der Waals surface area contributed by atoms with E-state index in [1.807, 2.05) is 37.3 Å². The smallest absolute Gasteiger partial charge is 0.273 e. The van der Waals surface area contributed by atoms with Crippen molar-refractivity contribution >= 4 is 5.91 Å². The maximum Gasteiger partial charge on any atom is 0.273 e. The standard InChI is InChI=1S/C15H19N5O/c1-15(10-16,11-7-8-11)17-14(21)13-9-20(19-18-13)12-5-3-2-4-6-12/h2-6,9,11H,7-8,10,16H2,1H3,(H,17,21). The minimum Gasteiger partial charge on any atom is -0.344 e. The summed E-state index contributed by atoms with van der Waals surface area (Å²) in [4.78, 5) is 12.3. The van der Waals surface area contributed by atoms with Gasteiger partial charge in [0.2, 0.25) is 0 Å². The molecular formula is C15H19N5O. The van der Waals surface area contributed by atoms with E-state index >= 15 is 0 Å². The zero-order valence-corrected chi connectivity index (χ0v) is 12.0. The first-order chi connectivity index (χ1) is 10.1. The van der Waals surface area contributed by atoms with Gasteiger partial charge in [-0.05, 0) is 37.8 Å². The molecule has 6 heteroatoms. The van der Waals surface area contributed by atoms with Crippen molar-refractivity contribution in [1.82, 2.24) is 20.3 Å². The van der Waals surface area contributed by atoms with Crippen LogP contribution < -0.4 is 11.1 Å². The summed E-state index contributed by atoms with van der Waals surface area (Å²) in [7, 11) is 0. The molecule has 1 amide bonds. The normalized spacial score (nSPS) is 17.2. The van der Waals surface area contributed by atoms with Gasteiger partial charge in [-0.2, -0.15) is 0 Å². The number of carbonyl (C=O) groups is 1. The number of nitrogens with two attached hydrogens (primary N) is 1. The molecular weight excluding hydrogens is 266 g/mol. The third kappa shape index (κ3) is 2.80. The van der Waals surface area contributed by atoms with Crippen LogP contribution in [0.1, 0.15) is 30.3 Å². The Labute approximate surface area is 123 Å².